The molecule has 17 heavy (non-hydrogen) atoms. The van der Waals surface area contributed by atoms with E-state index in [2.05, 4.69) is 55.5 Å². The van der Waals surface area contributed by atoms with E-state index in [-0.39, 0.29) is 5.54 Å². The van der Waals surface area contributed by atoms with Crippen LogP contribution < -0.4 is 5.32 Å². The Morgan fingerprint density at radius 3 is 2.59 bits per heavy atom. The molecule has 2 rings (SSSR count). The van der Waals surface area contributed by atoms with Gasteiger partial charge in [-0.25, -0.2) is 0 Å². The van der Waals surface area contributed by atoms with Crippen LogP contribution in [0.25, 0.3) is 0 Å². The van der Waals surface area contributed by atoms with Crippen molar-refractivity contribution in [1.82, 2.24) is 10.2 Å². The number of benzene rings is 1. The van der Waals surface area contributed by atoms with Crippen molar-refractivity contribution in [3.8, 4) is 0 Å². The summed E-state index contributed by atoms with van der Waals surface area (Å²) in [6.45, 7) is 4.53. The molecule has 1 atom stereocenters. The summed E-state index contributed by atoms with van der Waals surface area (Å²) in [5.74, 6) is 0. The summed E-state index contributed by atoms with van der Waals surface area (Å²) in [7, 11) is 4.33. The SMILES string of the molecule is CNC1(Cc2ccc(C)cc2)CCCN(C)C1. The van der Waals surface area contributed by atoms with Crippen molar-refractivity contribution in [3.05, 3.63) is 35.4 Å². The maximum atomic E-state index is 3.57. The molecule has 1 N–H and O–H groups in total. The molecule has 0 saturated carbocycles. The van der Waals surface area contributed by atoms with Crippen molar-refractivity contribution in [2.24, 2.45) is 0 Å². The van der Waals surface area contributed by atoms with Gasteiger partial charge in [-0.05, 0) is 52.4 Å². The highest BCUT2D eigenvalue weighted by Crippen LogP contribution is 2.24. The third-order valence-corrected chi connectivity index (χ3v) is 3.96. The molecule has 0 radical (unpaired) electrons. The minimum atomic E-state index is 0.266. The number of piperidine rings is 1. The summed E-state index contributed by atoms with van der Waals surface area (Å²) in [6, 6.07) is 8.96. The summed E-state index contributed by atoms with van der Waals surface area (Å²) in [6.07, 6.45) is 3.71. The minimum Gasteiger partial charge on any atom is -0.313 e. The average Bonchev–Trinajstić information content (AvgIpc) is 2.32. The van der Waals surface area contributed by atoms with Gasteiger partial charge in [0.05, 0.1) is 0 Å². The Labute approximate surface area is 105 Å². The van der Waals surface area contributed by atoms with Crippen LogP contribution in [0.5, 0.6) is 0 Å². The van der Waals surface area contributed by atoms with Gasteiger partial charge in [0.1, 0.15) is 0 Å². The van der Waals surface area contributed by atoms with Gasteiger partial charge >= 0.3 is 0 Å². The maximum Gasteiger partial charge on any atom is 0.0347 e. The highest BCUT2D eigenvalue weighted by Gasteiger charge is 2.32. The van der Waals surface area contributed by atoms with Crippen molar-refractivity contribution in [2.45, 2.75) is 31.7 Å². The van der Waals surface area contributed by atoms with Gasteiger partial charge in [0, 0.05) is 12.1 Å². The molecular formula is C15H24N2. The standard InChI is InChI=1S/C15H24N2/c1-13-5-7-14(8-6-13)11-15(16-2)9-4-10-17(3)12-15/h5-8,16H,4,9-12H2,1-3H3. The van der Waals surface area contributed by atoms with Crippen LogP contribution in [0.3, 0.4) is 0 Å². The van der Waals surface area contributed by atoms with E-state index in [4.69, 9.17) is 0 Å². The number of hydrogen-bond acceptors (Lipinski definition) is 2. The number of likely N-dealkylation sites (N-methyl/N-ethyl adjacent to an activating group) is 2. The second-order valence-electron chi connectivity index (χ2n) is 5.53. The Bertz CT molecular complexity index is 358. The van der Waals surface area contributed by atoms with Crippen LogP contribution in [0.2, 0.25) is 0 Å². The molecule has 0 aliphatic carbocycles. The molecule has 0 aromatic heterocycles. The van der Waals surface area contributed by atoms with Gasteiger partial charge < -0.3 is 10.2 Å². The highest BCUT2D eigenvalue weighted by atomic mass is 15.2. The molecule has 1 heterocycles. The van der Waals surface area contributed by atoms with Gasteiger partial charge in [-0.15, -0.1) is 0 Å². The summed E-state index contributed by atoms with van der Waals surface area (Å²) in [5.41, 5.74) is 3.05. The van der Waals surface area contributed by atoms with Gasteiger partial charge in [-0.3, -0.25) is 0 Å². The van der Waals surface area contributed by atoms with Gasteiger partial charge in [-0.2, -0.15) is 0 Å². The number of hydrogen-bond donors (Lipinski definition) is 1. The molecule has 2 nitrogen and oxygen atoms in total. The molecule has 0 bridgehead atoms. The molecule has 1 unspecified atom stereocenters. The van der Waals surface area contributed by atoms with Gasteiger partial charge in [0.2, 0.25) is 0 Å². The van der Waals surface area contributed by atoms with E-state index in [9.17, 15) is 0 Å². The average molecular weight is 232 g/mol. The first kappa shape index (κ1) is 12.6. The van der Waals surface area contributed by atoms with E-state index in [1.165, 1.54) is 30.5 Å². The Kier molecular flexibility index (Phi) is 3.85. The lowest BCUT2D eigenvalue weighted by atomic mass is 9.83. The first-order chi connectivity index (χ1) is 8.13. The zero-order chi connectivity index (χ0) is 12.3. The molecule has 1 aromatic rings. The van der Waals surface area contributed by atoms with Crippen molar-refractivity contribution in [1.29, 1.82) is 0 Å². The zero-order valence-electron chi connectivity index (χ0n) is 11.3. The van der Waals surface area contributed by atoms with Gasteiger partial charge in [0.15, 0.2) is 0 Å². The van der Waals surface area contributed by atoms with E-state index in [1.807, 2.05) is 0 Å². The van der Waals surface area contributed by atoms with Gasteiger partial charge in [-0.1, -0.05) is 29.8 Å². The fourth-order valence-electron chi connectivity index (χ4n) is 2.90. The summed E-state index contributed by atoms with van der Waals surface area (Å²) in [5, 5.41) is 3.57. The van der Waals surface area contributed by atoms with Gasteiger partial charge in [0.25, 0.3) is 0 Å². The number of nitrogens with one attached hydrogen (secondary N) is 1. The monoisotopic (exact) mass is 232 g/mol. The lowest BCUT2D eigenvalue weighted by Gasteiger charge is -2.41. The maximum absolute atomic E-state index is 3.57. The molecule has 0 spiro atoms. The van der Waals surface area contributed by atoms with E-state index in [0.29, 0.717) is 0 Å². The number of likely N-dealkylation sites (tertiary alicyclic amines) is 1. The Balaban J connectivity index is 2.10. The van der Waals surface area contributed by atoms with E-state index < -0.39 is 0 Å². The Hall–Kier alpha value is -0.860. The summed E-state index contributed by atoms with van der Waals surface area (Å²) < 4.78 is 0. The first-order valence-corrected chi connectivity index (χ1v) is 6.57. The lowest BCUT2D eigenvalue weighted by molar-refractivity contribution is 0.151. The number of nitrogens with zero attached hydrogens (tertiary/aromatic N) is 1. The van der Waals surface area contributed by atoms with Crippen LogP contribution in [0.1, 0.15) is 24.0 Å². The second-order valence-corrected chi connectivity index (χ2v) is 5.53. The van der Waals surface area contributed by atoms with Crippen LogP contribution in [-0.2, 0) is 6.42 Å². The summed E-state index contributed by atoms with van der Waals surface area (Å²) >= 11 is 0. The normalized spacial score (nSPS) is 26.1. The molecule has 2 heteroatoms. The van der Waals surface area contributed by atoms with E-state index in [1.54, 1.807) is 0 Å². The predicted octanol–water partition coefficient (Wildman–Crippen LogP) is 2.22. The minimum absolute atomic E-state index is 0.266. The van der Waals surface area contributed by atoms with Crippen LogP contribution in [0.4, 0.5) is 0 Å². The number of aryl methyl sites for hydroxylation is 1. The molecule has 1 aliphatic rings. The first-order valence-electron chi connectivity index (χ1n) is 6.57. The van der Waals surface area contributed by atoms with Crippen molar-refractivity contribution in [3.63, 3.8) is 0 Å². The number of rotatable bonds is 3. The van der Waals surface area contributed by atoms with Crippen molar-refractivity contribution >= 4 is 0 Å². The quantitative estimate of drug-likeness (QED) is 0.859. The molecule has 1 saturated heterocycles. The van der Waals surface area contributed by atoms with E-state index in [0.717, 1.165) is 13.0 Å². The smallest absolute Gasteiger partial charge is 0.0347 e. The molecule has 1 aliphatic heterocycles. The van der Waals surface area contributed by atoms with Crippen molar-refractivity contribution in [2.75, 3.05) is 27.2 Å². The van der Waals surface area contributed by atoms with Crippen LogP contribution >= 0.6 is 0 Å². The van der Waals surface area contributed by atoms with Crippen LogP contribution in [0, 0.1) is 6.92 Å². The lowest BCUT2D eigenvalue weighted by Crippen LogP contribution is -2.56. The third kappa shape index (κ3) is 3.08. The molecule has 1 aromatic carbocycles. The van der Waals surface area contributed by atoms with Crippen molar-refractivity contribution < 1.29 is 0 Å². The third-order valence-electron chi connectivity index (χ3n) is 3.96. The Morgan fingerprint density at radius 2 is 2.00 bits per heavy atom. The second kappa shape index (κ2) is 5.19. The Morgan fingerprint density at radius 1 is 1.29 bits per heavy atom. The summed E-state index contributed by atoms with van der Waals surface area (Å²) in [4.78, 5) is 2.44. The van der Waals surface area contributed by atoms with Crippen LogP contribution in [-0.4, -0.2) is 37.6 Å². The largest absolute Gasteiger partial charge is 0.313 e. The van der Waals surface area contributed by atoms with Crippen LogP contribution in [0.15, 0.2) is 24.3 Å². The topological polar surface area (TPSA) is 15.3 Å². The highest BCUT2D eigenvalue weighted by molar-refractivity contribution is 5.23. The molecular weight excluding hydrogens is 208 g/mol. The molecule has 94 valence electrons. The fourth-order valence-corrected chi connectivity index (χ4v) is 2.90. The predicted molar refractivity (Wildman–Crippen MR) is 73.4 cm³/mol. The molecule has 1 fully saturated rings. The van der Waals surface area contributed by atoms with E-state index >= 15 is 0 Å². The molecule has 0 amide bonds. The zero-order valence-corrected chi connectivity index (χ0v) is 11.3. The fraction of sp³-hybridized carbons (Fsp3) is 0.600.